The Balaban J connectivity index is 1.80. The number of ether oxygens (including phenoxy) is 2. The van der Waals surface area contributed by atoms with Crippen LogP contribution >= 0.6 is 0 Å². The summed E-state index contributed by atoms with van der Waals surface area (Å²) >= 11 is 0. The highest BCUT2D eigenvalue weighted by atomic mass is 16.5. The topological polar surface area (TPSA) is 84.9 Å². The average molecular weight is 333 g/mol. The van der Waals surface area contributed by atoms with Gasteiger partial charge in [-0.3, -0.25) is 9.59 Å². The van der Waals surface area contributed by atoms with Gasteiger partial charge in [0, 0.05) is 11.8 Å². The number of amides is 1. The average Bonchev–Trinajstić information content (AvgIpc) is 2.61. The number of fused-ring (bicyclic) bond motifs is 3. The molecule has 2 atom stereocenters. The maximum Gasteiger partial charge on any atom is 0.307 e. The molecule has 0 aliphatic heterocycles. The minimum atomic E-state index is -0.850. The molecule has 2 bridgehead atoms. The number of carboxylic acid groups (broad SMARTS) is 1. The Hall–Kier alpha value is -2.24. The Labute approximate surface area is 141 Å². The lowest BCUT2D eigenvalue weighted by Crippen LogP contribution is -2.49. The molecular weight excluding hydrogens is 310 g/mol. The van der Waals surface area contributed by atoms with Crippen molar-refractivity contribution in [3.05, 3.63) is 18.2 Å². The summed E-state index contributed by atoms with van der Waals surface area (Å²) in [5, 5.41) is 12.4. The van der Waals surface area contributed by atoms with Gasteiger partial charge in [-0.2, -0.15) is 0 Å². The number of benzene rings is 1. The normalized spacial score (nSPS) is 28.2. The second-order valence-corrected chi connectivity index (χ2v) is 6.62. The summed E-state index contributed by atoms with van der Waals surface area (Å²) in [6, 6.07) is 5.14. The van der Waals surface area contributed by atoms with Gasteiger partial charge in [0.25, 0.3) is 0 Å². The van der Waals surface area contributed by atoms with Crippen molar-refractivity contribution in [2.75, 3.05) is 19.5 Å². The molecule has 3 aliphatic carbocycles. The second-order valence-electron chi connectivity index (χ2n) is 6.62. The van der Waals surface area contributed by atoms with Gasteiger partial charge in [-0.25, -0.2) is 0 Å². The molecule has 24 heavy (non-hydrogen) atoms. The van der Waals surface area contributed by atoms with E-state index in [-0.39, 0.29) is 17.7 Å². The zero-order valence-electron chi connectivity index (χ0n) is 14.0. The number of rotatable bonds is 5. The fourth-order valence-corrected chi connectivity index (χ4v) is 4.32. The van der Waals surface area contributed by atoms with Gasteiger partial charge in [0.1, 0.15) is 0 Å². The van der Waals surface area contributed by atoms with Gasteiger partial charge in [-0.15, -0.1) is 0 Å². The van der Waals surface area contributed by atoms with E-state index >= 15 is 0 Å². The van der Waals surface area contributed by atoms with Crippen molar-refractivity contribution in [2.45, 2.75) is 25.7 Å². The van der Waals surface area contributed by atoms with Gasteiger partial charge in [0.15, 0.2) is 11.5 Å². The standard InChI is InChI=1S/C18H23NO5/c1-23-13-8-7-12(9-14(13)24-2)19-17(20)15-10-3-5-11(6-4-10)16(15)18(21)22/h7-11,15-16H,3-6H2,1-2H3,(H,19,20)(H,21,22)/t10?,11?,15-,16-/m1/s1. The Morgan fingerprint density at radius 3 is 2.12 bits per heavy atom. The van der Waals surface area contributed by atoms with Crippen molar-refractivity contribution in [3.63, 3.8) is 0 Å². The van der Waals surface area contributed by atoms with Gasteiger partial charge in [0.05, 0.1) is 26.1 Å². The number of carboxylic acids is 1. The molecule has 0 heterocycles. The number of hydrogen-bond acceptors (Lipinski definition) is 4. The predicted molar refractivity (Wildman–Crippen MR) is 88.2 cm³/mol. The zero-order chi connectivity index (χ0) is 17.3. The van der Waals surface area contributed by atoms with Crippen LogP contribution in [0.4, 0.5) is 5.69 Å². The monoisotopic (exact) mass is 333 g/mol. The number of carbonyl (C=O) groups is 2. The van der Waals surface area contributed by atoms with Crippen LogP contribution in [0.15, 0.2) is 18.2 Å². The van der Waals surface area contributed by atoms with Gasteiger partial charge in [-0.1, -0.05) is 0 Å². The summed E-state index contributed by atoms with van der Waals surface area (Å²) in [6.45, 7) is 0. The van der Waals surface area contributed by atoms with Crippen molar-refractivity contribution >= 4 is 17.6 Å². The molecule has 1 aromatic rings. The van der Waals surface area contributed by atoms with E-state index in [0.717, 1.165) is 25.7 Å². The minimum Gasteiger partial charge on any atom is -0.493 e. The molecule has 0 unspecified atom stereocenters. The molecule has 3 aliphatic rings. The molecule has 130 valence electrons. The summed E-state index contributed by atoms with van der Waals surface area (Å²) in [5.74, 6) is -0.697. The van der Waals surface area contributed by atoms with Gasteiger partial charge in [0.2, 0.25) is 5.91 Å². The smallest absolute Gasteiger partial charge is 0.307 e. The molecule has 3 fully saturated rings. The van der Waals surface area contributed by atoms with Gasteiger partial charge >= 0.3 is 5.97 Å². The molecule has 3 saturated carbocycles. The fraction of sp³-hybridized carbons (Fsp3) is 0.556. The summed E-state index contributed by atoms with van der Waals surface area (Å²) in [5.41, 5.74) is 0.586. The third kappa shape index (κ3) is 2.92. The van der Waals surface area contributed by atoms with E-state index in [1.54, 1.807) is 25.3 Å². The molecule has 6 heteroatoms. The third-order valence-corrected chi connectivity index (χ3v) is 5.46. The highest BCUT2D eigenvalue weighted by molar-refractivity contribution is 5.96. The van der Waals surface area contributed by atoms with E-state index in [1.807, 2.05) is 0 Å². The van der Waals surface area contributed by atoms with Crippen LogP contribution < -0.4 is 14.8 Å². The molecule has 6 nitrogen and oxygen atoms in total. The van der Waals surface area contributed by atoms with Crippen LogP contribution in [0.25, 0.3) is 0 Å². The van der Waals surface area contributed by atoms with Crippen molar-refractivity contribution < 1.29 is 24.2 Å². The van der Waals surface area contributed by atoms with Crippen LogP contribution in [0.2, 0.25) is 0 Å². The largest absolute Gasteiger partial charge is 0.493 e. The number of hydrogen-bond donors (Lipinski definition) is 2. The van der Waals surface area contributed by atoms with E-state index in [4.69, 9.17) is 9.47 Å². The lowest BCUT2D eigenvalue weighted by atomic mass is 9.58. The number of carbonyl (C=O) groups excluding carboxylic acids is 1. The molecule has 1 amide bonds. The number of anilines is 1. The first-order valence-corrected chi connectivity index (χ1v) is 8.30. The SMILES string of the molecule is COc1ccc(NC(=O)[C@@H]2C3CCC(CC3)[C@H]2C(=O)O)cc1OC. The van der Waals surface area contributed by atoms with Crippen LogP contribution in [0.3, 0.4) is 0 Å². The van der Waals surface area contributed by atoms with E-state index in [2.05, 4.69) is 5.32 Å². The lowest BCUT2D eigenvalue weighted by Gasteiger charge is -2.45. The Bertz CT molecular complexity index is 636. The number of aliphatic carboxylic acids is 1. The highest BCUT2D eigenvalue weighted by Gasteiger charge is 2.50. The second kappa shape index (κ2) is 6.71. The van der Waals surface area contributed by atoms with Gasteiger partial charge < -0.3 is 19.9 Å². The zero-order valence-corrected chi connectivity index (χ0v) is 14.0. The van der Waals surface area contributed by atoms with Gasteiger partial charge in [-0.05, 0) is 49.7 Å². The van der Waals surface area contributed by atoms with Crippen molar-refractivity contribution in [1.82, 2.24) is 0 Å². The van der Waals surface area contributed by atoms with Crippen LogP contribution in [-0.2, 0) is 9.59 Å². The maximum absolute atomic E-state index is 12.8. The molecule has 0 aromatic heterocycles. The molecule has 1 aromatic carbocycles. The van der Waals surface area contributed by atoms with Crippen LogP contribution in [-0.4, -0.2) is 31.2 Å². The van der Waals surface area contributed by atoms with E-state index in [1.165, 1.54) is 7.11 Å². The molecule has 4 rings (SSSR count). The first kappa shape index (κ1) is 16.6. The number of nitrogens with one attached hydrogen (secondary N) is 1. The first-order chi connectivity index (χ1) is 11.5. The Morgan fingerprint density at radius 2 is 1.58 bits per heavy atom. The molecule has 0 saturated heterocycles. The van der Waals surface area contributed by atoms with Crippen molar-refractivity contribution in [1.29, 1.82) is 0 Å². The third-order valence-electron chi connectivity index (χ3n) is 5.46. The molecule has 2 N–H and O–H groups in total. The van der Waals surface area contributed by atoms with Crippen LogP contribution in [0, 0.1) is 23.7 Å². The van der Waals surface area contributed by atoms with Crippen molar-refractivity contribution in [3.8, 4) is 11.5 Å². The maximum atomic E-state index is 12.8. The summed E-state index contributed by atoms with van der Waals surface area (Å²) in [7, 11) is 3.08. The van der Waals surface area contributed by atoms with Crippen LogP contribution in [0.5, 0.6) is 11.5 Å². The quantitative estimate of drug-likeness (QED) is 0.865. The molecule has 0 radical (unpaired) electrons. The van der Waals surface area contributed by atoms with E-state index < -0.39 is 17.8 Å². The summed E-state index contributed by atoms with van der Waals surface area (Å²) < 4.78 is 10.4. The lowest BCUT2D eigenvalue weighted by molar-refractivity contribution is -0.156. The number of methoxy groups -OCH3 is 2. The van der Waals surface area contributed by atoms with Crippen LogP contribution in [0.1, 0.15) is 25.7 Å². The predicted octanol–water partition coefficient (Wildman–Crippen LogP) is 2.78. The van der Waals surface area contributed by atoms with E-state index in [9.17, 15) is 14.7 Å². The summed E-state index contributed by atoms with van der Waals surface area (Å²) in [6.07, 6.45) is 3.72. The molecular formula is C18H23NO5. The highest BCUT2D eigenvalue weighted by Crippen LogP contribution is 2.49. The Morgan fingerprint density at radius 1 is 1.00 bits per heavy atom. The molecule has 0 spiro atoms. The minimum absolute atomic E-state index is 0.119. The first-order valence-electron chi connectivity index (χ1n) is 8.30. The van der Waals surface area contributed by atoms with E-state index in [0.29, 0.717) is 17.2 Å². The summed E-state index contributed by atoms with van der Waals surface area (Å²) in [4.78, 5) is 24.5. The fourth-order valence-electron chi connectivity index (χ4n) is 4.32. The van der Waals surface area contributed by atoms with Crippen molar-refractivity contribution in [2.24, 2.45) is 23.7 Å². The Kier molecular flexibility index (Phi) is 4.64.